The van der Waals surface area contributed by atoms with Crippen molar-refractivity contribution < 1.29 is 27.5 Å². The highest BCUT2D eigenvalue weighted by atomic mass is 19.4. The number of rotatable bonds is 7. The Bertz CT molecular complexity index is 1110. The van der Waals surface area contributed by atoms with Gasteiger partial charge in [-0.15, -0.1) is 0 Å². The molecule has 3 aromatic rings. The first kappa shape index (κ1) is 23.8. The zero-order valence-electron chi connectivity index (χ0n) is 18.1. The van der Waals surface area contributed by atoms with Crippen LogP contribution in [0.15, 0.2) is 72.8 Å². The minimum atomic E-state index is -4.50. The molecule has 33 heavy (non-hydrogen) atoms. The highest BCUT2D eigenvalue weighted by molar-refractivity contribution is 6.04. The van der Waals surface area contributed by atoms with E-state index in [2.05, 4.69) is 24.5 Å². The minimum Gasteiger partial charge on any atom is -0.484 e. The van der Waals surface area contributed by atoms with Crippen molar-refractivity contribution in [3.63, 3.8) is 0 Å². The molecule has 0 unspecified atom stereocenters. The first-order valence-electron chi connectivity index (χ1n) is 10.2. The van der Waals surface area contributed by atoms with Crippen molar-refractivity contribution in [1.29, 1.82) is 0 Å². The average molecular weight is 456 g/mol. The Hall–Kier alpha value is -3.81. The van der Waals surface area contributed by atoms with Gasteiger partial charge < -0.3 is 15.4 Å². The van der Waals surface area contributed by atoms with Crippen molar-refractivity contribution in [1.82, 2.24) is 0 Å². The number of amides is 2. The predicted molar refractivity (Wildman–Crippen MR) is 120 cm³/mol. The number of alkyl halides is 3. The topological polar surface area (TPSA) is 67.4 Å². The second-order valence-electron chi connectivity index (χ2n) is 7.67. The smallest absolute Gasteiger partial charge is 0.416 e. The molecule has 2 amide bonds. The number of benzene rings is 3. The quantitative estimate of drug-likeness (QED) is 0.452. The molecule has 8 heteroatoms. The summed E-state index contributed by atoms with van der Waals surface area (Å²) in [6, 6.07) is 17.9. The third-order valence-electron chi connectivity index (χ3n) is 4.80. The predicted octanol–water partition coefficient (Wildman–Crippen LogP) is 6.10. The zero-order chi connectivity index (χ0) is 24.0. The molecule has 0 saturated carbocycles. The number of ether oxygens (including phenoxy) is 1. The van der Waals surface area contributed by atoms with Crippen molar-refractivity contribution in [3.05, 3.63) is 89.5 Å². The van der Waals surface area contributed by atoms with Crippen molar-refractivity contribution in [2.75, 3.05) is 17.2 Å². The number of hydrogen-bond acceptors (Lipinski definition) is 3. The summed E-state index contributed by atoms with van der Waals surface area (Å²) in [6.07, 6.45) is -4.50. The summed E-state index contributed by atoms with van der Waals surface area (Å²) < 4.78 is 43.9. The molecule has 5 nitrogen and oxygen atoms in total. The summed E-state index contributed by atoms with van der Waals surface area (Å²) in [7, 11) is 0. The third-order valence-corrected chi connectivity index (χ3v) is 4.80. The maximum absolute atomic E-state index is 12.8. The van der Waals surface area contributed by atoms with Gasteiger partial charge >= 0.3 is 6.18 Å². The van der Waals surface area contributed by atoms with Gasteiger partial charge in [-0.05, 0) is 66.1 Å². The summed E-state index contributed by atoms with van der Waals surface area (Å²) in [5.41, 5.74) is 1.03. The Morgan fingerprint density at radius 1 is 0.879 bits per heavy atom. The minimum absolute atomic E-state index is 0.0331. The van der Waals surface area contributed by atoms with Crippen molar-refractivity contribution in [2.45, 2.75) is 25.9 Å². The van der Waals surface area contributed by atoms with Gasteiger partial charge in [-0.3, -0.25) is 9.59 Å². The summed E-state index contributed by atoms with van der Waals surface area (Å²) in [4.78, 5) is 24.5. The second kappa shape index (κ2) is 10.2. The lowest BCUT2D eigenvalue weighted by atomic mass is 10.0. The van der Waals surface area contributed by atoms with Gasteiger partial charge in [0.15, 0.2) is 6.61 Å². The number of hydrogen-bond donors (Lipinski definition) is 2. The lowest BCUT2D eigenvalue weighted by Gasteiger charge is -2.11. The van der Waals surface area contributed by atoms with Gasteiger partial charge in [-0.1, -0.05) is 32.0 Å². The molecule has 3 rings (SSSR count). The number of nitrogens with one attached hydrogen (secondary N) is 2. The fraction of sp³-hybridized carbons (Fsp3) is 0.200. The monoisotopic (exact) mass is 456 g/mol. The second-order valence-corrected chi connectivity index (χ2v) is 7.67. The first-order chi connectivity index (χ1) is 15.6. The molecule has 0 saturated heterocycles. The molecule has 0 aliphatic heterocycles. The van der Waals surface area contributed by atoms with Crippen LogP contribution in [0.4, 0.5) is 24.5 Å². The standard InChI is InChI=1S/C25H23F3N2O3/c1-16(2)17-8-12-22(13-9-17)33-15-23(31)29-20-10-6-18(7-11-20)24(32)30-21-5-3-4-19(14-21)25(26,27)28/h3-14,16H,15H2,1-2H3,(H,29,31)(H,30,32). The SMILES string of the molecule is CC(C)c1ccc(OCC(=O)Nc2ccc(C(=O)Nc3cccc(C(F)(F)F)c3)cc2)cc1. The Morgan fingerprint density at radius 3 is 2.15 bits per heavy atom. The Kier molecular flexibility index (Phi) is 7.37. The van der Waals surface area contributed by atoms with E-state index in [1.54, 1.807) is 12.1 Å². The van der Waals surface area contributed by atoms with E-state index in [4.69, 9.17) is 4.74 Å². The van der Waals surface area contributed by atoms with E-state index < -0.39 is 17.6 Å². The van der Waals surface area contributed by atoms with Crippen LogP contribution < -0.4 is 15.4 Å². The van der Waals surface area contributed by atoms with Crippen LogP contribution in [0.2, 0.25) is 0 Å². The number of anilines is 2. The van der Waals surface area contributed by atoms with E-state index in [0.29, 0.717) is 17.4 Å². The van der Waals surface area contributed by atoms with Gasteiger partial charge in [-0.25, -0.2) is 0 Å². The van der Waals surface area contributed by atoms with Gasteiger partial charge in [0.1, 0.15) is 5.75 Å². The summed E-state index contributed by atoms with van der Waals surface area (Å²) in [6.45, 7) is 3.99. The van der Waals surface area contributed by atoms with Crippen LogP contribution in [-0.4, -0.2) is 18.4 Å². The molecule has 0 aliphatic rings. The molecular weight excluding hydrogens is 433 g/mol. The average Bonchev–Trinajstić information content (AvgIpc) is 2.78. The highest BCUT2D eigenvalue weighted by Crippen LogP contribution is 2.30. The van der Waals surface area contributed by atoms with Crippen molar-refractivity contribution >= 4 is 23.2 Å². The molecule has 0 radical (unpaired) electrons. The van der Waals surface area contributed by atoms with E-state index in [1.807, 2.05) is 12.1 Å². The lowest BCUT2D eigenvalue weighted by Crippen LogP contribution is -2.20. The van der Waals surface area contributed by atoms with Gasteiger partial charge in [0.05, 0.1) is 5.56 Å². The van der Waals surface area contributed by atoms with Gasteiger partial charge in [0, 0.05) is 16.9 Å². The highest BCUT2D eigenvalue weighted by Gasteiger charge is 2.30. The molecule has 0 aliphatic carbocycles. The maximum atomic E-state index is 12.8. The molecule has 0 heterocycles. The van der Waals surface area contributed by atoms with Crippen LogP contribution in [0.25, 0.3) is 0 Å². The lowest BCUT2D eigenvalue weighted by molar-refractivity contribution is -0.137. The number of carbonyl (C=O) groups excluding carboxylic acids is 2. The normalized spacial score (nSPS) is 11.2. The van der Waals surface area contributed by atoms with Crippen LogP contribution in [0.1, 0.15) is 41.3 Å². The van der Waals surface area contributed by atoms with Crippen LogP contribution in [-0.2, 0) is 11.0 Å². The molecular formula is C25H23F3N2O3. The first-order valence-corrected chi connectivity index (χ1v) is 10.2. The Morgan fingerprint density at radius 2 is 1.55 bits per heavy atom. The van der Waals surface area contributed by atoms with Crippen LogP contribution in [0, 0.1) is 0 Å². The van der Waals surface area contributed by atoms with Crippen LogP contribution in [0.3, 0.4) is 0 Å². The van der Waals surface area contributed by atoms with E-state index in [-0.39, 0.29) is 23.8 Å². The van der Waals surface area contributed by atoms with Crippen molar-refractivity contribution in [2.24, 2.45) is 0 Å². The molecule has 0 aromatic heterocycles. The van der Waals surface area contributed by atoms with E-state index >= 15 is 0 Å². The molecule has 172 valence electrons. The third kappa shape index (κ3) is 6.83. The fourth-order valence-corrected chi connectivity index (χ4v) is 2.98. The molecule has 0 atom stereocenters. The number of carbonyl (C=O) groups is 2. The fourth-order valence-electron chi connectivity index (χ4n) is 2.98. The molecule has 2 N–H and O–H groups in total. The van der Waals surface area contributed by atoms with E-state index in [1.165, 1.54) is 42.0 Å². The van der Waals surface area contributed by atoms with E-state index in [9.17, 15) is 22.8 Å². The van der Waals surface area contributed by atoms with Crippen LogP contribution in [0.5, 0.6) is 5.75 Å². The van der Waals surface area contributed by atoms with Crippen molar-refractivity contribution in [3.8, 4) is 5.75 Å². The molecule has 3 aromatic carbocycles. The van der Waals surface area contributed by atoms with Crippen LogP contribution >= 0.6 is 0 Å². The summed E-state index contributed by atoms with van der Waals surface area (Å²) >= 11 is 0. The zero-order valence-corrected chi connectivity index (χ0v) is 18.1. The number of halogens is 3. The summed E-state index contributed by atoms with van der Waals surface area (Å²) in [5, 5.41) is 5.09. The molecule has 0 fully saturated rings. The van der Waals surface area contributed by atoms with Gasteiger partial charge in [0.25, 0.3) is 11.8 Å². The molecule has 0 bridgehead atoms. The van der Waals surface area contributed by atoms with Gasteiger partial charge in [-0.2, -0.15) is 13.2 Å². The Labute approximate surface area is 189 Å². The largest absolute Gasteiger partial charge is 0.484 e. The van der Waals surface area contributed by atoms with Gasteiger partial charge in [0.2, 0.25) is 0 Å². The molecule has 0 spiro atoms. The Balaban J connectivity index is 1.53. The van der Waals surface area contributed by atoms with E-state index in [0.717, 1.165) is 12.1 Å². The maximum Gasteiger partial charge on any atom is 0.416 e. The summed E-state index contributed by atoms with van der Waals surface area (Å²) in [5.74, 6) is 0.0399.